The highest BCUT2D eigenvalue weighted by molar-refractivity contribution is 6.30. The molecule has 4 rings (SSSR count). The average Bonchev–Trinajstić information content (AvgIpc) is 2.84. The zero-order valence-corrected chi connectivity index (χ0v) is 19.0. The molecule has 1 aliphatic heterocycles. The third kappa shape index (κ3) is 5.76. The van der Waals surface area contributed by atoms with Crippen molar-refractivity contribution in [3.05, 3.63) is 81.1 Å². The van der Waals surface area contributed by atoms with Crippen LogP contribution in [0.2, 0.25) is 5.02 Å². The molecule has 0 aliphatic carbocycles. The second kappa shape index (κ2) is 10.7. The highest BCUT2D eigenvalue weighted by Gasteiger charge is 2.31. The van der Waals surface area contributed by atoms with E-state index < -0.39 is 41.6 Å². The molecule has 2 aromatic carbocycles. The molecule has 2 atom stereocenters. The van der Waals surface area contributed by atoms with Crippen LogP contribution in [0.3, 0.4) is 0 Å². The number of hydrogen-bond donors (Lipinski definition) is 2. The minimum Gasteiger partial charge on any atom is -0.446 e. The van der Waals surface area contributed by atoms with E-state index in [1.165, 1.54) is 42.5 Å². The van der Waals surface area contributed by atoms with Crippen LogP contribution in [0.4, 0.5) is 13.2 Å². The smallest absolute Gasteiger partial charge is 0.388 e. The standard InChI is InChI=1S/C23H17ClF3N5O4/c24-14-5-12(9-28)6-17(7-14)35-19-21(36-23(26)27)29-11-32(22(19)34)10-16-8-18(20(33)31-30-16)13-1-3-15(25)4-2-13/h1-7,11,16,18,23,30H,8,10H2,(H,31,33). The number of carbonyl (C=O) groups excluding carboxylic acids is 1. The highest BCUT2D eigenvalue weighted by atomic mass is 35.5. The summed E-state index contributed by atoms with van der Waals surface area (Å²) < 4.78 is 50.1. The van der Waals surface area contributed by atoms with Crippen LogP contribution in [-0.4, -0.2) is 28.1 Å². The molecular formula is C23H17ClF3N5O4. The lowest BCUT2D eigenvalue weighted by molar-refractivity contribution is -0.126. The summed E-state index contributed by atoms with van der Waals surface area (Å²) >= 11 is 5.96. The van der Waals surface area contributed by atoms with Crippen molar-refractivity contribution in [2.75, 3.05) is 0 Å². The summed E-state index contributed by atoms with van der Waals surface area (Å²) in [5, 5.41) is 9.25. The van der Waals surface area contributed by atoms with Gasteiger partial charge < -0.3 is 9.47 Å². The van der Waals surface area contributed by atoms with Crippen molar-refractivity contribution in [1.82, 2.24) is 20.4 Å². The molecule has 1 saturated heterocycles. The van der Waals surface area contributed by atoms with Crippen molar-refractivity contribution in [3.63, 3.8) is 0 Å². The number of alkyl halides is 2. The Kier molecular flexibility index (Phi) is 7.42. The average molecular weight is 520 g/mol. The number of benzene rings is 2. The van der Waals surface area contributed by atoms with Crippen LogP contribution in [0.1, 0.15) is 23.5 Å². The fraction of sp³-hybridized carbons (Fsp3) is 0.217. The number of halogens is 4. The maximum atomic E-state index is 13.3. The van der Waals surface area contributed by atoms with E-state index in [-0.39, 0.29) is 35.2 Å². The molecule has 0 radical (unpaired) electrons. The van der Waals surface area contributed by atoms with Crippen molar-refractivity contribution in [1.29, 1.82) is 5.26 Å². The summed E-state index contributed by atoms with van der Waals surface area (Å²) in [6, 6.07) is 10.8. The van der Waals surface area contributed by atoms with E-state index in [9.17, 15) is 22.8 Å². The van der Waals surface area contributed by atoms with Crippen LogP contribution in [0.25, 0.3) is 0 Å². The Labute approximate surface area is 207 Å². The zero-order valence-electron chi connectivity index (χ0n) is 18.3. The van der Waals surface area contributed by atoms with Gasteiger partial charge in [0, 0.05) is 17.6 Å². The number of nitrogens with zero attached hydrogens (tertiary/aromatic N) is 3. The Balaban J connectivity index is 1.62. The maximum Gasteiger partial charge on any atom is 0.388 e. The maximum absolute atomic E-state index is 13.3. The number of aromatic nitrogens is 2. The van der Waals surface area contributed by atoms with Crippen LogP contribution in [0.15, 0.2) is 53.6 Å². The minimum absolute atomic E-state index is 0.0336. The lowest BCUT2D eigenvalue weighted by Crippen LogP contribution is -2.54. The molecule has 0 spiro atoms. The lowest BCUT2D eigenvalue weighted by Gasteiger charge is -2.30. The number of nitrogens with one attached hydrogen (secondary N) is 2. The van der Waals surface area contributed by atoms with E-state index in [0.717, 1.165) is 10.9 Å². The van der Waals surface area contributed by atoms with Gasteiger partial charge in [0.2, 0.25) is 5.91 Å². The number of carbonyl (C=O) groups is 1. The molecule has 1 fully saturated rings. The lowest BCUT2D eigenvalue weighted by atomic mass is 9.90. The first-order chi connectivity index (χ1) is 17.2. The molecule has 9 nitrogen and oxygen atoms in total. The number of ether oxygens (including phenoxy) is 2. The molecular weight excluding hydrogens is 503 g/mol. The summed E-state index contributed by atoms with van der Waals surface area (Å²) in [6.07, 6.45) is 1.26. The third-order valence-electron chi connectivity index (χ3n) is 5.31. The normalized spacial score (nSPS) is 17.4. The van der Waals surface area contributed by atoms with Crippen molar-refractivity contribution in [2.24, 2.45) is 0 Å². The molecule has 2 unspecified atom stereocenters. The van der Waals surface area contributed by atoms with Crippen molar-refractivity contribution in [2.45, 2.75) is 31.5 Å². The van der Waals surface area contributed by atoms with Gasteiger partial charge in [-0.25, -0.2) is 14.8 Å². The molecule has 36 heavy (non-hydrogen) atoms. The van der Waals surface area contributed by atoms with E-state index >= 15 is 0 Å². The summed E-state index contributed by atoms with van der Waals surface area (Å²) in [4.78, 5) is 29.3. The van der Waals surface area contributed by atoms with Gasteiger partial charge in [-0.15, -0.1) is 0 Å². The molecule has 0 bridgehead atoms. The molecule has 13 heteroatoms. The third-order valence-corrected chi connectivity index (χ3v) is 5.53. The Morgan fingerprint density at radius 3 is 2.67 bits per heavy atom. The Morgan fingerprint density at radius 2 is 1.97 bits per heavy atom. The van der Waals surface area contributed by atoms with Gasteiger partial charge in [0.05, 0.1) is 17.6 Å². The Bertz CT molecular complexity index is 1380. The highest BCUT2D eigenvalue weighted by Crippen LogP contribution is 2.30. The quantitative estimate of drug-likeness (QED) is 0.490. The molecule has 1 aliphatic rings. The number of hydrazine groups is 1. The van der Waals surface area contributed by atoms with E-state index in [4.69, 9.17) is 21.6 Å². The van der Waals surface area contributed by atoms with Gasteiger partial charge in [-0.05, 0) is 42.3 Å². The van der Waals surface area contributed by atoms with Gasteiger partial charge in [-0.3, -0.25) is 19.6 Å². The minimum atomic E-state index is -3.28. The van der Waals surface area contributed by atoms with Crippen LogP contribution in [-0.2, 0) is 11.3 Å². The molecule has 0 saturated carbocycles. The van der Waals surface area contributed by atoms with E-state index in [1.807, 2.05) is 6.07 Å². The predicted molar refractivity (Wildman–Crippen MR) is 120 cm³/mol. The van der Waals surface area contributed by atoms with Gasteiger partial charge in [0.25, 0.3) is 11.6 Å². The van der Waals surface area contributed by atoms with Crippen molar-refractivity contribution >= 4 is 17.5 Å². The fourth-order valence-electron chi connectivity index (χ4n) is 3.70. The fourth-order valence-corrected chi connectivity index (χ4v) is 3.92. The SMILES string of the molecule is N#Cc1cc(Cl)cc(Oc2c(OC(F)F)ncn(CC3CC(c4ccc(F)cc4)C(=O)NN3)c2=O)c1. The Hall–Kier alpha value is -4.08. The molecule has 1 amide bonds. The topological polar surface area (TPSA) is 118 Å². The van der Waals surface area contributed by atoms with E-state index in [1.54, 1.807) is 0 Å². The van der Waals surface area contributed by atoms with Gasteiger partial charge in [0.15, 0.2) is 0 Å². The summed E-state index contributed by atoms with van der Waals surface area (Å²) in [5.74, 6) is -2.84. The van der Waals surface area contributed by atoms with Crippen LogP contribution in [0.5, 0.6) is 17.4 Å². The molecule has 2 heterocycles. The summed E-state index contributed by atoms with van der Waals surface area (Å²) in [5.41, 5.74) is 5.17. The molecule has 186 valence electrons. The second-order valence-electron chi connectivity index (χ2n) is 7.77. The number of amides is 1. The van der Waals surface area contributed by atoms with Crippen molar-refractivity contribution in [3.8, 4) is 23.4 Å². The molecule has 1 aromatic heterocycles. The monoisotopic (exact) mass is 519 g/mol. The number of nitriles is 1. The summed E-state index contributed by atoms with van der Waals surface area (Å²) in [6.45, 7) is -3.32. The van der Waals surface area contributed by atoms with E-state index in [0.29, 0.717) is 5.56 Å². The first-order valence-electron chi connectivity index (χ1n) is 10.5. The number of hydrogen-bond acceptors (Lipinski definition) is 7. The van der Waals surface area contributed by atoms with Crippen LogP contribution in [0, 0.1) is 17.1 Å². The largest absolute Gasteiger partial charge is 0.446 e. The van der Waals surface area contributed by atoms with E-state index in [2.05, 4.69) is 20.6 Å². The second-order valence-corrected chi connectivity index (χ2v) is 8.21. The van der Waals surface area contributed by atoms with Crippen molar-refractivity contribution < 1.29 is 27.4 Å². The Morgan fingerprint density at radius 1 is 1.22 bits per heavy atom. The zero-order chi connectivity index (χ0) is 25.8. The predicted octanol–water partition coefficient (Wildman–Crippen LogP) is 3.48. The van der Waals surface area contributed by atoms with Gasteiger partial charge in [-0.1, -0.05) is 23.7 Å². The summed E-state index contributed by atoms with van der Waals surface area (Å²) in [7, 11) is 0. The first kappa shape index (κ1) is 25.0. The van der Waals surface area contributed by atoms with Gasteiger partial charge in [0.1, 0.15) is 17.9 Å². The van der Waals surface area contributed by atoms with Gasteiger partial charge >= 0.3 is 12.2 Å². The van der Waals surface area contributed by atoms with Crippen LogP contribution >= 0.6 is 11.6 Å². The first-order valence-corrected chi connectivity index (χ1v) is 10.8. The number of rotatable bonds is 7. The molecule has 3 aromatic rings. The molecule has 2 N–H and O–H groups in total. The van der Waals surface area contributed by atoms with Crippen LogP contribution < -0.4 is 25.9 Å². The van der Waals surface area contributed by atoms with Gasteiger partial charge in [-0.2, -0.15) is 14.0 Å².